The van der Waals surface area contributed by atoms with Crippen LogP contribution in [0.25, 0.3) is 0 Å². The molecule has 15 heavy (non-hydrogen) atoms. The van der Waals surface area contributed by atoms with E-state index < -0.39 is 0 Å². The lowest BCUT2D eigenvalue weighted by atomic mass is 10.2. The van der Waals surface area contributed by atoms with Gasteiger partial charge < -0.3 is 10.5 Å². The Hall–Kier alpha value is -1.97. The second-order valence-corrected chi connectivity index (χ2v) is 3.39. The van der Waals surface area contributed by atoms with E-state index in [-0.39, 0.29) is 0 Å². The first-order chi connectivity index (χ1) is 7.18. The first kappa shape index (κ1) is 9.58. The molecule has 4 heteroatoms. The Kier molecular flexibility index (Phi) is 2.33. The van der Waals surface area contributed by atoms with Crippen molar-refractivity contribution in [3.05, 3.63) is 36.0 Å². The van der Waals surface area contributed by atoms with Gasteiger partial charge in [0, 0.05) is 7.05 Å². The normalized spacial score (nSPS) is 10.3. The summed E-state index contributed by atoms with van der Waals surface area (Å²) in [6, 6.07) is 8.28. The number of benzene rings is 1. The molecular formula is C11H13N3O. The van der Waals surface area contributed by atoms with Gasteiger partial charge in [-0.25, -0.2) is 4.98 Å². The van der Waals surface area contributed by atoms with Gasteiger partial charge in [-0.2, -0.15) is 0 Å². The van der Waals surface area contributed by atoms with E-state index in [2.05, 4.69) is 4.98 Å². The number of hydrogen-bond donors (Lipinski definition) is 1. The summed E-state index contributed by atoms with van der Waals surface area (Å²) in [5.41, 5.74) is 6.72. The number of aromatic nitrogens is 2. The summed E-state index contributed by atoms with van der Waals surface area (Å²) < 4.78 is 7.33. The van der Waals surface area contributed by atoms with Gasteiger partial charge in [-0.3, -0.25) is 4.57 Å². The molecular weight excluding hydrogens is 190 g/mol. The number of hydrogen-bond acceptors (Lipinski definition) is 3. The maximum Gasteiger partial charge on any atom is 0.303 e. The second kappa shape index (κ2) is 3.65. The van der Waals surface area contributed by atoms with Crippen LogP contribution in [0, 0.1) is 6.92 Å². The fourth-order valence-corrected chi connectivity index (χ4v) is 1.27. The highest BCUT2D eigenvalue weighted by Gasteiger charge is 2.06. The zero-order chi connectivity index (χ0) is 10.8. The first-order valence-electron chi connectivity index (χ1n) is 4.69. The van der Waals surface area contributed by atoms with Crippen LogP contribution in [0.15, 0.2) is 30.5 Å². The van der Waals surface area contributed by atoms with E-state index in [1.165, 1.54) is 0 Å². The Bertz CT molecular complexity index is 476. The van der Waals surface area contributed by atoms with Crippen molar-refractivity contribution in [3.63, 3.8) is 0 Å². The van der Waals surface area contributed by atoms with E-state index in [9.17, 15) is 0 Å². The molecule has 0 fully saturated rings. The summed E-state index contributed by atoms with van der Waals surface area (Å²) in [5.74, 6) is 1.38. The van der Waals surface area contributed by atoms with Crippen LogP contribution in [0.2, 0.25) is 0 Å². The first-order valence-corrected chi connectivity index (χ1v) is 4.69. The highest BCUT2D eigenvalue weighted by atomic mass is 16.5. The molecule has 0 amide bonds. The van der Waals surface area contributed by atoms with E-state index in [0.29, 0.717) is 11.8 Å². The molecule has 0 bridgehead atoms. The number of nitrogens with zero attached hydrogens (tertiary/aromatic N) is 2. The fourth-order valence-electron chi connectivity index (χ4n) is 1.27. The molecule has 0 saturated heterocycles. The quantitative estimate of drug-likeness (QED) is 0.813. The molecule has 2 N–H and O–H groups in total. The van der Waals surface area contributed by atoms with Crippen molar-refractivity contribution in [1.29, 1.82) is 0 Å². The average Bonchev–Trinajstić information content (AvgIpc) is 2.53. The van der Waals surface area contributed by atoms with Gasteiger partial charge in [0.15, 0.2) is 0 Å². The third-order valence-electron chi connectivity index (χ3n) is 2.28. The molecule has 0 aliphatic heterocycles. The van der Waals surface area contributed by atoms with Gasteiger partial charge in [-0.15, -0.1) is 0 Å². The summed E-state index contributed by atoms with van der Waals surface area (Å²) >= 11 is 0. The molecule has 0 aliphatic rings. The van der Waals surface area contributed by atoms with Crippen molar-refractivity contribution < 1.29 is 4.74 Å². The van der Waals surface area contributed by atoms with E-state index >= 15 is 0 Å². The molecule has 78 valence electrons. The molecule has 1 heterocycles. The lowest BCUT2D eigenvalue weighted by Gasteiger charge is -2.07. The Morgan fingerprint density at radius 3 is 2.67 bits per heavy atom. The van der Waals surface area contributed by atoms with Gasteiger partial charge in [0.25, 0.3) is 0 Å². The summed E-state index contributed by atoms with van der Waals surface area (Å²) in [6.07, 6.45) is 1.58. The van der Waals surface area contributed by atoms with Crippen LogP contribution in [-0.4, -0.2) is 9.55 Å². The van der Waals surface area contributed by atoms with Crippen LogP contribution in [0.4, 0.5) is 5.82 Å². The van der Waals surface area contributed by atoms with Crippen molar-refractivity contribution in [2.24, 2.45) is 7.05 Å². The predicted octanol–water partition coefficient (Wildman–Crippen LogP) is 2.10. The van der Waals surface area contributed by atoms with Crippen LogP contribution in [-0.2, 0) is 7.05 Å². The van der Waals surface area contributed by atoms with Gasteiger partial charge in [0.2, 0.25) is 0 Å². The molecule has 1 aromatic carbocycles. The van der Waals surface area contributed by atoms with Crippen LogP contribution in [0.3, 0.4) is 0 Å². The molecule has 1 aromatic heterocycles. The van der Waals surface area contributed by atoms with Gasteiger partial charge in [-0.05, 0) is 18.6 Å². The van der Waals surface area contributed by atoms with Crippen LogP contribution in [0.1, 0.15) is 5.56 Å². The Morgan fingerprint density at radius 1 is 1.33 bits per heavy atom. The SMILES string of the molecule is Cc1ccccc1Oc1ncc(N)n1C. The standard InChI is InChI=1S/C11H13N3O/c1-8-5-3-4-6-9(8)15-11-13-7-10(12)14(11)2/h3-7H,12H2,1-2H3. The molecule has 0 radical (unpaired) electrons. The van der Waals surface area contributed by atoms with Crippen LogP contribution >= 0.6 is 0 Å². The van der Waals surface area contributed by atoms with E-state index in [1.54, 1.807) is 10.8 Å². The maximum atomic E-state index is 5.65. The second-order valence-electron chi connectivity index (χ2n) is 3.39. The van der Waals surface area contributed by atoms with E-state index in [1.807, 2.05) is 38.2 Å². The number of anilines is 1. The third-order valence-corrected chi connectivity index (χ3v) is 2.28. The summed E-state index contributed by atoms with van der Waals surface area (Å²) in [4.78, 5) is 4.07. The summed E-state index contributed by atoms with van der Waals surface area (Å²) in [6.45, 7) is 1.99. The fraction of sp³-hybridized carbons (Fsp3) is 0.182. The molecule has 0 saturated carbocycles. The van der Waals surface area contributed by atoms with Gasteiger partial charge in [0.1, 0.15) is 11.6 Å². The molecule has 2 rings (SSSR count). The summed E-state index contributed by atoms with van der Waals surface area (Å²) in [7, 11) is 1.82. The van der Waals surface area contributed by atoms with Crippen molar-refractivity contribution >= 4 is 5.82 Å². The molecule has 0 aliphatic carbocycles. The lowest BCUT2D eigenvalue weighted by molar-refractivity contribution is 0.423. The molecule has 0 atom stereocenters. The van der Waals surface area contributed by atoms with Gasteiger partial charge in [-0.1, -0.05) is 18.2 Å². The number of imidazole rings is 1. The number of rotatable bonds is 2. The third kappa shape index (κ3) is 1.79. The van der Waals surface area contributed by atoms with Gasteiger partial charge in [0.05, 0.1) is 6.20 Å². The average molecular weight is 203 g/mol. The largest absolute Gasteiger partial charge is 0.425 e. The Labute approximate surface area is 88.3 Å². The van der Waals surface area contributed by atoms with Gasteiger partial charge >= 0.3 is 6.01 Å². The minimum Gasteiger partial charge on any atom is -0.425 e. The van der Waals surface area contributed by atoms with Crippen molar-refractivity contribution in [3.8, 4) is 11.8 Å². The molecule has 0 spiro atoms. The minimum atomic E-state index is 0.502. The Balaban J connectivity index is 2.30. The zero-order valence-corrected chi connectivity index (χ0v) is 8.77. The number of nitrogens with two attached hydrogens (primary N) is 1. The van der Waals surface area contributed by atoms with Crippen molar-refractivity contribution in [2.75, 3.05) is 5.73 Å². The molecule has 4 nitrogen and oxygen atoms in total. The minimum absolute atomic E-state index is 0.502. The van der Waals surface area contributed by atoms with E-state index in [4.69, 9.17) is 10.5 Å². The number of nitrogen functional groups attached to an aromatic ring is 1. The topological polar surface area (TPSA) is 53.1 Å². The Morgan fingerprint density at radius 2 is 2.07 bits per heavy atom. The molecule has 2 aromatic rings. The highest BCUT2D eigenvalue weighted by Crippen LogP contribution is 2.24. The smallest absolute Gasteiger partial charge is 0.303 e. The predicted molar refractivity (Wildman–Crippen MR) is 58.9 cm³/mol. The number of ether oxygens (including phenoxy) is 1. The number of aryl methyl sites for hydroxylation is 1. The zero-order valence-electron chi connectivity index (χ0n) is 8.77. The van der Waals surface area contributed by atoms with Crippen molar-refractivity contribution in [1.82, 2.24) is 9.55 Å². The lowest BCUT2D eigenvalue weighted by Crippen LogP contribution is -1.99. The van der Waals surface area contributed by atoms with E-state index in [0.717, 1.165) is 11.3 Å². The highest BCUT2D eigenvalue weighted by molar-refractivity contribution is 5.36. The monoisotopic (exact) mass is 203 g/mol. The molecule has 0 unspecified atom stereocenters. The van der Waals surface area contributed by atoms with Crippen LogP contribution in [0.5, 0.6) is 11.8 Å². The maximum absolute atomic E-state index is 5.65. The number of para-hydroxylation sites is 1. The summed E-state index contributed by atoms with van der Waals surface area (Å²) in [5, 5.41) is 0. The van der Waals surface area contributed by atoms with Crippen molar-refractivity contribution in [2.45, 2.75) is 6.92 Å². The van der Waals surface area contributed by atoms with Crippen LogP contribution < -0.4 is 10.5 Å².